The maximum Gasteiger partial charge on any atom is 0.280 e. The van der Waals surface area contributed by atoms with Crippen LogP contribution in [0.3, 0.4) is 0 Å². The molecule has 0 aliphatic heterocycles. The number of aromatic nitrogens is 5. The second-order valence-electron chi connectivity index (χ2n) is 6.53. The van der Waals surface area contributed by atoms with E-state index in [1.165, 1.54) is 4.90 Å². The molecule has 28 heavy (non-hydrogen) atoms. The zero-order valence-electron chi connectivity index (χ0n) is 15.9. The summed E-state index contributed by atoms with van der Waals surface area (Å²) >= 11 is 0. The van der Waals surface area contributed by atoms with E-state index in [9.17, 15) is 4.79 Å². The van der Waals surface area contributed by atoms with Crippen molar-refractivity contribution in [3.8, 4) is 34.4 Å². The van der Waals surface area contributed by atoms with Crippen LogP contribution in [0.25, 0.3) is 34.4 Å². The standard InChI is InChI=1S/C19H18N6O3/c1-11-15(21-17(27-11)14-9-20-25(4)10-14)18-22-16(23-28-18)12-5-7-13(8-6-12)19(26)24(2)3/h5-10H,1-4H3. The minimum atomic E-state index is -0.0681. The first-order valence-electron chi connectivity index (χ1n) is 8.55. The van der Waals surface area contributed by atoms with Crippen molar-refractivity contribution in [1.82, 2.24) is 29.8 Å². The zero-order valence-corrected chi connectivity index (χ0v) is 15.9. The monoisotopic (exact) mass is 378 g/mol. The molecular weight excluding hydrogens is 360 g/mol. The molecule has 0 aliphatic carbocycles. The van der Waals surface area contributed by atoms with E-state index in [0.29, 0.717) is 28.7 Å². The third kappa shape index (κ3) is 3.18. The van der Waals surface area contributed by atoms with Gasteiger partial charge in [-0.05, 0) is 19.1 Å². The number of rotatable bonds is 4. The van der Waals surface area contributed by atoms with Crippen LogP contribution in [0.15, 0.2) is 45.6 Å². The number of hydrogen-bond acceptors (Lipinski definition) is 7. The van der Waals surface area contributed by atoms with Gasteiger partial charge < -0.3 is 13.8 Å². The minimum Gasteiger partial charge on any atom is -0.440 e. The van der Waals surface area contributed by atoms with Crippen molar-refractivity contribution in [3.63, 3.8) is 0 Å². The highest BCUT2D eigenvalue weighted by molar-refractivity contribution is 5.94. The van der Waals surface area contributed by atoms with Gasteiger partial charge in [-0.15, -0.1) is 0 Å². The highest BCUT2D eigenvalue weighted by atomic mass is 16.5. The van der Waals surface area contributed by atoms with Gasteiger partial charge in [-0.25, -0.2) is 4.98 Å². The van der Waals surface area contributed by atoms with Crippen molar-refractivity contribution in [2.45, 2.75) is 6.92 Å². The van der Waals surface area contributed by atoms with Gasteiger partial charge in [-0.2, -0.15) is 10.1 Å². The summed E-state index contributed by atoms with van der Waals surface area (Å²) in [6.45, 7) is 1.79. The van der Waals surface area contributed by atoms with Gasteiger partial charge in [0.05, 0.1) is 11.8 Å². The van der Waals surface area contributed by atoms with Crippen molar-refractivity contribution < 1.29 is 13.7 Å². The van der Waals surface area contributed by atoms with Gasteiger partial charge in [0, 0.05) is 38.5 Å². The summed E-state index contributed by atoms with van der Waals surface area (Å²) in [4.78, 5) is 22.4. The number of aryl methyl sites for hydroxylation is 2. The van der Waals surface area contributed by atoms with Gasteiger partial charge in [-0.3, -0.25) is 9.48 Å². The van der Waals surface area contributed by atoms with Crippen molar-refractivity contribution in [2.24, 2.45) is 7.05 Å². The van der Waals surface area contributed by atoms with Crippen LogP contribution in [0, 0.1) is 6.92 Å². The maximum atomic E-state index is 12.0. The molecule has 0 aliphatic rings. The largest absolute Gasteiger partial charge is 0.440 e. The molecule has 0 fully saturated rings. The molecule has 0 saturated carbocycles. The van der Waals surface area contributed by atoms with Crippen LogP contribution in [0.2, 0.25) is 0 Å². The van der Waals surface area contributed by atoms with Gasteiger partial charge in [0.2, 0.25) is 11.7 Å². The number of hydrogen-bond donors (Lipinski definition) is 0. The van der Waals surface area contributed by atoms with Crippen LogP contribution in [-0.2, 0) is 7.05 Å². The van der Waals surface area contributed by atoms with Crippen LogP contribution in [0.4, 0.5) is 0 Å². The van der Waals surface area contributed by atoms with Crippen molar-refractivity contribution >= 4 is 5.91 Å². The van der Waals surface area contributed by atoms with Crippen molar-refractivity contribution in [3.05, 3.63) is 48.0 Å². The lowest BCUT2D eigenvalue weighted by Gasteiger charge is -2.09. The molecule has 3 aromatic heterocycles. The Labute approximate surface area is 160 Å². The Bertz CT molecular complexity index is 1140. The van der Waals surface area contributed by atoms with Crippen LogP contribution in [0.5, 0.6) is 0 Å². The fourth-order valence-corrected chi connectivity index (χ4v) is 2.71. The number of amides is 1. The number of nitrogens with zero attached hydrogens (tertiary/aromatic N) is 6. The average molecular weight is 378 g/mol. The first-order chi connectivity index (χ1) is 13.4. The Balaban J connectivity index is 1.61. The SMILES string of the molecule is Cc1oc(-c2cnn(C)c2)nc1-c1nc(-c2ccc(C(=O)N(C)C)cc2)no1. The molecule has 142 valence electrons. The topological polar surface area (TPSA) is 103 Å². The Kier molecular flexibility index (Phi) is 4.26. The molecule has 0 bridgehead atoms. The Morgan fingerprint density at radius 1 is 1.07 bits per heavy atom. The maximum absolute atomic E-state index is 12.0. The smallest absolute Gasteiger partial charge is 0.280 e. The predicted octanol–water partition coefficient (Wildman–Crippen LogP) is 2.80. The van der Waals surface area contributed by atoms with E-state index in [2.05, 4.69) is 20.2 Å². The minimum absolute atomic E-state index is 0.0681. The van der Waals surface area contributed by atoms with Crippen molar-refractivity contribution in [2.75, 3.05) is 14.1 Å². The van der Waals surface area contributed by atoms with E-state index < -0.39 is 0 Å². The number of oxazole rings is 1. The Morgan fingerprint density at radius 3 is 2.46 bits per heavy atom. The molecule has 1 amide bonds. The summed E-state index contributed by atoms with van der Waals surface area (Å²) < 4.78 is 12.8. The van der Waals surface area contributed by atoms with Crippen LogP contribution in [-0.4, -0.2) is 49.8 Å². The first-order valence-corrected chi connectivity index (χ1v) is 8.55. The van der Waals surface area contributed by atoms with Crippen LogP contribution in [0.1, 0.15) is 16.1 Å². The lowest BCUT2D eigenvalue weighted by molar-refractivity contribution is 0.0827. The lowest BCUT2D eigenvalue weighted by Crippen LogP contribution is -2.21. The molecule has 9 heteroatoms. The summed E-state index contributed by atoms with van der Waals surface area (Å²) in [6.07, 6.45) is 3.48. The van der Waals surface area contributed by atoms with Crippen LogP contribution < -0.4 is 0 Å². The number of carbonyl (C=O) groups is 1. The second kappa shape index (κ2) is 6.76. The van der Waals surface area contributed by atoms with E-state index in [0.717, 1.165) is 11.1 Å². The normalized spacial score (nSPS) is 11.0. The van der Waals surface area contributed by atoms with Gasteiger partial charge in [0.15, 0.2) is 5.69 Å². The van der Waals surface area contributed by atoms with Gasteiger partial charge in [0.1, 0.15) is 5.76 Å². The molecular formula is C19H18N6O3. The van der Waals surface area contributed by atoms with E-state index in [1.54, 1.807) is 56.2 Å². The molecule has 4 rings (SSSR count). The van der Waals surface area contributed by atoms with Gasteiger partial charge >= 0.3 is 0 Å². The summed E-state index contributed by atoms with van der Waals surface area (Å²) in [5.74, 6) is 1.61. The summed E-state index contributed by atoms with van der Waals surface area (Å²) in [7, 11) is 5.24. The van der Waals surface area contributed by atoms with E-state index in [4.69, 9.17) is 8.94 Å². The highest BCUT2D eigenvalue weighted by Gasteiger charge is 2.20. The second-order valence-corrected chi connectivity index (χ2v) is 6.53. The highest BCUT2D eigenvalue weighted by Crippen LogP contribution is 2.28. The first kappa shape index (κ1) is 17.7. The molecule has 4 aromatic rings. The molecule has 0 spiro atoms. The molecule has 0 N–H and O–H groups in total. The molecule has 0 atom stereocenters. The summed E-state index contributed by atoms with van der Waals surface area (Å²) in [5.41, 5.74) is 2.57. The molecule has 0 saturated heterocycles. The van der Waals surface area contributed by atoms with E-state index >= 15 is 0 Å². The van der Waals surface area contributed by atoms with Crippen molar-refractivity contribution in [1.29, 1.82) is 0 Å². The van der Waals surface area contributed by atoms with E-state index in [-0.39, 0.29) is 11.8 Å². The van der Waals surface area contributed by atoms with Crippen LogP contribution >= 0.6 is 0 Å². The molecule has 3 heterocycles. The van der Waals surface area contributed by atoms with Gasteiger partial charge in [-0.1, -0.05) is 17.3 Å². The fraction of sp³-hybridized carbons (Fsp3) is 0.211. The number of benzene rings is 1. The van der Waals surface area contributed by atoms with Gasteiger partial charge in [0.25, 0.3) is 11.8 Å². The Morgan fingerprint density at radius 2 is 1.82 bits per heavy atom. The molecule has 9 nitrogen and oxygen atoms in total. The third-order valence-corrected chi connectivity index (χ3v) is 4.17. The number of carbonyl (C=O) groups excluding carboxylic acids is 1. The summed E-state index contributed by atoms with van der Waals surface area (Å²) in [5, 5.41) is 8.14. The molecule has 1 aromatic carbocycles. The zero-order chi connectivity index (χ0) is 19.8. The molecule has 0 unspecified atom stereocenters. The van der Waals surface area contributed by atoms with E-state index in [1.807, 2.05) is 13.2 Å². The third-order valence-electron chi connectivity index (χ3n) is 4.17. The fourth-order valence-electron chi connectivity index (χ4n) is 2.71. The molecule has 0 radical (unpaired) electrons. The summed E-state index contributed by atoms with van der Waals surface area (Å²) in [6, 6.07) is 7.02. The average Bonchev–Trinajstić information content (AvgIpc) is 3.40. The lowest BCUT2D eigenvalue weighted by atomic mass is 10.1. The quantitative estimate of drug-likeness (QED) is 0.538. The predicted molar refractivity (Wildman–Crippen MR) is 100 cm³/mol. The Hall–Kier alpha value is -3.75.